The molecule has 2 heterocycles. The zero-order chi connectivity index (χ0) is 19.1. The van der Waals surface area contributed by atoms with Gasteiger partial charge >= 0.3 is 0 Å². The van der Waals surface area contributed by atoms with Crippen LogP contribution in [0.1, 0.15) is 22.8 Å². The third kappa shape index (κ3) is 5.01. The van der Waals surface area contributed by atoms with Crippen molar-refractivity contribution in [1.82, 2.24) is 15.3 Å². The molecule has 0 aliphatic carbocycles. The molecule has 0 atom stereocenters. The first-order chi connectivity index (χ1) is 13.2. The molecule has 7 heteroatoms. The van der Waals surface area contributed by atoms with Crippen LogP contribution in [0.15, 0.2) is 60.9 Å². The van der Waals surface area contributed by atoms with E-state index >= 15 is 0 Å². The van der Waals surface area contributed by atoms with E-state index < -0.39 is 5.95 Å². The van der Waals surface area contributed by atoms with Gasteiger partial charge in [0.05, 0.1) is 6.61 Å². The largest absolute Gasteiger partial charge is 0.490 e. The van der Waals surface area contributed by atoms with E-state index in [0.29, 0.717) is 24.0 Å². The van der Waals surface area contributed by atoms with E-state index in [1.807, 2.05) is 25.1 Å². The van der Waals surface area contributed by atoms with Crippen molar-refractivity contribution in [3.63, 3.8) is 0 Å². The Kier molecular flexibility index (Phi) is 5.94. The Hall–Kier alpha value is -3.48. The van der Waals surface area contributed by atoms with Crippen molar-refractivity contribution in [2.75, 3.05) is 6.61 Å². The number of nitrogens with one attached hydrogen (secondary N) is 1. The Balaban J connectivity index is 1.60. The first-order valence-corrected chi connectivity index (χ1v) is 8.40. The predicted octanol–water partition coefficient (Wildman–Crippen LogP) is 3.74. The highest BCUT2D eigenvalue weighted by Gasteiger charge is 2.08. The number of hydrogen-bond acceptors (Lipinski definition) is 5. The summed E-state index contributed by atoms with van der Waals surface area (Å²) in [6.45, 7) is 2.69. The molecule has 1 aromatic carbocycles. The Morgan fingerprint density at radius 2 is 1.93 bits per heavy atom. The number of aromatic nitrogens is 2. The van der Waals surface area contributed by atoms with Crippen LogP contribution in [-0.2, 0) is 6.54 Å². The van der Waals surface area contributed by atoms with Crippen LogP contribution in [0.4, 0.5) is 4.39 Å². The highest BCUT2D eigenvalue weighted by Crippen LogP contribution is 2.30. The minimum absolute atomic E-state index is 0.211. The van der Waals surface area contributed by atoms with E-state index in [4.69, 9.17) is 9.47 Å². The lowest BCUT2D eigenvalue weighted by atomic mass is 10.2. The highest BCUT2D eigenvalue weighted by molar-refractivity contribution is 5.93. The van der Waals surface area contributed by atoms with Crippen molar-refractivity contribution >= 4 is 5.91 Å². The second-order valence-electron chi connectivity index (χ2n) is 5.54. The minimum atomic E-state index is -0.696. The molecule has 0 unspecified atom stereocenters. The van der Waals surface area contributed by atoms with E-state index in [2.05, 4.69) is 15.3 Å². The lowest BCUT2D eigenvalue weighted by Gasteiger charge is -2.11. The molecule has 0 spiro atoms. The molecule has 0 aliphatic rings. The number of ether oxygens (including phenoxy) is 2. The molecule has 138 valence electrons. The van der Waals surface area contributed by atoms with E-state index in [1.165, 1.54) is 12.3 Å². The Morgan fingerprint density at radius 1 is 1.11 bits per heavy atom. The number of hydrogen-bond donors (Lipinski definition) is 1. The van der Waals surface area contributed by atoms with Gasteiger partial charge in [-0.15, -0.1) is 0 Å². The number of carbonyl (C=O) groups excluding carboxylic acids is 1. The summed E-state index contributed by atoms with van der Waals surface area (Å²) < 4.78 is 24.3. The molecule has 1 amide bonds. The zero-order valence-electron chi connectivity index (χ0n) is 14.7. The second kappa shape index (κ2) is 8.75. The summed E-state index contributed by atoms with van der Waals surface area (Å²) >= 11 is 0. The highest BCUT2D eigenvalue weighted by atomic mass is 19.1. The van der Waals surface area contributed by atoms with Gasteiger partial charge < -0.3 is 14.8 Å². The normalized spacial score (nSPS) is 10.3. The fraction of sp³-hybridized carbons (Fsp3) is 0.150. The van der Waals surface area contributed by atoms with Crippen LogP contribution in [-0.4, -0.2) is 22.5 Å². The third-order valence-electron chi connectivity index (χ3n) is 3.60. The Morgan fingerprint density at radius 3 is 2.63 bits per heavy atom. The maximum Gasteiger partial charge on any atom is 0.251 e. The molecule has 0 saturated heterocycles. The molecule has 3 aromatic rings. The van der Waals surface area contributed by atoms with Crippen LogP contribution in [0, 0.1) is 5.95 Å². The summed E-state index contributed by atoms with van der Waals surface area (Å²) in [5.41, 5.74) is 0.992. The fourth-order valence-electron chi connectivity index (χ4n) is 2.33. The lowest BCUT2D eigenvalue weighted by molar-refractivity contribution is 0.0950. The zero-order valence-corrected chi connectivity index (χ0v) is 14.7. The van der Waals surface area contributed by atoms with E-state index in [-0.39, 0.29) is 18.0 Å². The number of nitrogens with zero attached hydrogens (tertiary/aromatic N) is 2. The van der Waals surface area contributed by atoms with Gasteiger partial charge in [0.1, 0.15) is 0 Å². The van der Waals surface area contributed by atoms with Crippen molar-refractivity contribution < 1.29 is 18.7 Å². The predicted molar refractivity (Wildman–Crippen MR) is 97.3 cm³/mol. The summed E-state index contributed by atoms with van der Waals surface area (Å²) in [5, 5.41) is 2.70. The Labute approximate surface area is 156 Å². The third-order valence-corrected chi connectivity index (χ3v) is 3.60. The number of halogens is 1. The summed E-state index contributed by atoms with van der Waals surface area (Å²) in [5.74, 6) is 0.546. The summed E-state index contributed by atoms with van der Waals surface area (Å²) in [7, 11) is 0. The van der Waals surface area contributed by atoms with Crippen molar-refractivity contribution in [2.24, 2.45) is 0 Å². The molecule has 0 radical (unpaired) electrons. The molecule has 1 N–H and O–H groups in total. The van der Waals surface area contributed by atoms with Gasteiger partial charge in [-0.25, -0.2) is 9.97 Å². The standard InChI is InChI=1S/C20H18FN3O3/c1-2-26-16-5-3-4-6-17(16)27-19-8-7-14(12-23-19)13-24-20(25)15-9-10-22-18(21)11-15/h3-12H,2,13H2,1H3,(H,24,25). The van der Waals surface area contributed by atoms with E-state index in [0.717, 1.165) is 11.6 Å². The van der Waals surface area contributed by atoms with Gasteiger partial charge in [-0.05, 0) is 30.7 Å². The maximum atomic E-state index is 13.1. The summed E-state index contributed by atoms with van der Waals surface area (Å²) in [4.78, 5) is 19.7. The maximum absolute atomic E-state index is 13.1. The summed E-state index contributed by atoms with van der Waals surface area (Å²) in [6.07, 6.45) is 2.85. The van der Waals surface area contributed by atoms with Crippen LogP contribution in [0.5, 0.6) is 17.4 Å². The first kappa shape index (κ1) is 18.3. The van der Waals surface area contributed by atoms with Crippen molar-refractivity contribution in [1.29, 1.82) is 0 Å². The topological polar surface area (TPSA) is 73.3 Å². The lowest BCUT2D eigenvalue weighted by Crippen LogP contribution is -2.23. The van der Waals surface area contributed by atoms with Gasteiger partial charge in [-0.3, -0.25) is 4.79 Å². The number of carbonyl (C=O) groups is 1. The molecule has 0 saturated carbocycles. The summed E-state index contributed by atoms with van der Waals surface area (Å²) in [6, 6.07) is 13.4. The SMILES string of the molecule is CCOc1ccccc1Oc1ccc(CNC(=O)c2ccnc(F)c2)cn1. The average molecular weight is 367 g/mol. The molecule has 0 aliphatic heterocycles. The molecule has 6 nitrogen and oxygen atoms in total. The molecule has 0 fully saturated rings. The molecule has 2 aromatic heterocycles. The van der Waals surface area contributed by atoms with Gasteiger partial charge in [-0.2, -0.15) is 4.39 Å². The number of rotatable bonds is 7. The van der Waals surface area contributed by atoms with E-state index in [1.54, 1.807) is 24.4 Å². The quantitative estimate of drug-likeness (QED) is 0.644. The second-order valence-corrected chi connectivity index (χ2v) is 5.54. The van der Waals surface area contributed by atoms with Crippen molar-refractivity contribution in [3.05, 3.63) is 78.0 Å². The van der Waals surface area contributed by atoms with Gasteiger partial charge in [0.15, 0.2) is 11.5 Å². The van der Waals surface area contributed by atoms with Gasteiger partial charge in [0.2, 0.25) is 11.8 Å². The molecule has 27 heavy (non-hydrogen) atoms. The van der Waals surface area contributed by atoms with Crippen molar-refractivity contribution in [2.45, 2.75) is 13.5 Å². The average Bonchev–Trinajstić information content (AvgIpc) is 2.69. The van der Waals surface area contributed by atoms with Gasteiger partial charge in [0, 0.05) is 36.6 Å². The van der Waals surface area contributed by atoms with Crippen LogP contribution in [0.3, 0.4) is 0 Å². The van der Waals surface area contributed by atoms with Crippen molar-refractivity contribution in [3.8, 4) is 17.4 Å². The number of benzene rings is 1. The van der Waals surface area contributed by atoms with E-state index in [9.17, 15) is 9.18 Å². The smallest absolute Gasteiger partial charge is 0.251 e. The fourth-order valence-corrected chi connectivity index (χ4v) is 2.33. The number of pyridine rings is 2. The van der Waals surface area contributed by atoms with Gasteiger partial charge in [-0.1, -0.05) is 18.2 Å². The number of amides is 1. The first-order valence-electron chi connectivity index (χ1n) is 8.40. The molecule has 0 bridgehead atoms. The molecule has 3 rings (SSSR count). The van der Waals surface area contributed by atoms with Crippen LogP contribution in [0.25, 0.3) is 0 Å². The molecular weight excluding hydrogens is 349 g/mol. The monoisotopic (exact) mass is 367 g/mol. The van der Waals surface area contributed by atoms with Crippen LogP contribution >= 0.6 is 0 Å². The van der Waals surface area contributed by atoms with Crippen LogP contribution in [0.2, 0.25) is 0 Å². The van der Waals surface area contributed by atoms with Gasteiger partial charge in [0.25, 0.3) is 5.91 Å². The minimum Gasteiger partial charge on any atom is -0.490 e. The molecular formula is C20H18FN3O3. The Bertz CT molecular complexity index is 916. The number of para-hydroxylation sites is 2. The van der Waals surface area contributed by atoms with Crippen LogP contribution < -0.4 is 14.8 Å².